The average molecular weight is 1990 g/mol. The van der Waals surface area contributed by atoms with E-state index < -0.39 is 178 Å². The van der Waals surface area contributed by atoms with Gasteiger partial charge in [-0.05, 0) is 96.0 Å². The number of azide groups is 1. The third kappa shape index (κ3) is 35.7. The summed E-state index contributed by atoms with van der Waals surface area (Å²) in [6, 6.07) is 16.3. The number of aromatic nitrogens is 9. The van der Waals surface area contributed by atoms with Crippen molar-refractivity contribution in [2.75, 3.05) is 115 Å². The van der Waals surface area contributed by atoms with Crippen LogP contribution >= 0.6 is 0 Å². The number of ether oxygens (including phenoxy) is 15. The van der Waals surface area contributed by atoms with Gasteiger partial charge in [0.2, 0.25) is 60.1 Å². The molecule has 3 aliphatic heterocycles. The summed E-state index contributed by atoms with van der Waals surface area (Å²) in [6.45, 7) is 0.165. The number of nitrogens with zero attached hydrogens (tertiary/aromatic N) is 12. The van der Waals surface area contributed by atoms with Gasteiger partial charge in [0.15, 0.2) is 11.5 Å². The fourth-order valence-electron chi connectivity index (χ4n) is 12.8. The van der Waals surface area contributed by atoms with Gasteiger partial charge < -0.3 is 134 Å². The van der Waals surface area contributed by atoms with Crippen LogP contribution < -0.4 is 60.3 Å². The molecule has 0 saturated carbocycles. The van der Waals surface area contributed by atoms with Gasteiger partial charge in [-0.2, -0.15) is 25.3 Å². The van der Waals surface area contributed by atoms with Crippen molar-refractivity contribution in [1.82, 2.24) is 60.9 Å². The average Bonchev–Trinajstić information content (AvgIpc) is 1.25. The lowest BCUT2D eigenvalue weighted by molar-refractivity contribution is -0.242. The number of carbonyl (C=O) groups is 6. The van der Waals surface area contributed by atoms with Crippen LogP contribution in [0.1, 0.15) is 43.4 Å². The van der Waals surface area contributed by atoms with Crippen LogP contribution in [-0.4, -0.2) is 341 Å². The summed E-state index contributed by atoms with van der Waals surface area (Å²) in [7, 11) is -14.9. The van der Waals surface area contributed by atoms with E-state index in [0.29, 0.717) is 39.7 Å². The van der Waals surface area contributed by atoms with Gasteiger partial charge in [0.25, 0.3) is 0 Å². The number of hydrogen-bond donors (Lipinski definition) is 15. The first-order valence-corrected chi connectivity index (χ1v) is 45.1. The zero-order chi connectivity index (χ0) is 98.1. The Bertz CT molecular complexity index is 5240. The second kappa shape index (κ2) is 52.0. The van der Waals surface area contributed by atoms with E-state index in [-0.39, 0.29) is 160 Å². The second-order valence-electron chi connectivity index (χ2n) is 29.5. The van der Waals surface area contributed by atoms with Crippen molar-refractivity contribution in [3.8, 4) is 34.5 Å². The van der Waals surface area contributed by atoms with Crippen LogP contribution in [0.4, 0.5) is 17.1 Å². The predicted octanol–water partition coefficient (Wildman–Crippen LogP) is -3.53. The number of carbonyl (C=O) groups excluding carboxylic acids is 6. The van der Waals surface area contributed by atoms with E-state index in [0.717, 1.165) is 20.8 Å². The van der Waals surface area contributed by atoms with E-state index in [9.17, 15) is 90.2 Å². The molecular weight excluding hydrogens is 1890 g/mol. The summed E-state index contributed by atoms with van der Waals surface area (Å²) in [5.74, 6) is -2.87. The molecule has 3 fully saturated rings. The molecule has 4 aromatic carbocycles. The Morgan fingerprint density at radius 2 is 0.706 bits per heavy atom. The van der Waals surface area contributed by atoms with E-state index in [2.05, 4.69) is 85.4 Å². The number of rotatable bonds is 56. The fraction of sp³-hybridized carbons (Fsp3) is 0.526. The molecule has 57 nitrogen and oxygen atoms in total. The Hall–Kier alpha value is -11.8. The Morgan fingerprint density at radius 3 is 0.985 bits per heavy atom. The van der Waals surface area contributed by atoms with E-state index >= 15 is 0 Å². The molecule has 15 N–H and O–H groups in total. The summed E-state index contributed by atoms with van der Waals surface area (Å²) in [4.78, 5) is 77.1. The Balaban J connectivity index is 0.681. The number of amides is 6. The molecule has 10 rings (SSSR count). The molecule has 3 aromatic heterocycles. The molecule has 6 amide bonds. The van der Waals surface area contributed by atoms with E-state index in [1.54, 1.807) is 30.7 Å². The molecule has 60 heteroatoms. The molecule has 0 radical (unpaired) electrons. The minimum atomic E-state index is -4.95. The maximum atomic E-state index is 12.8. The molecule has 3 saturated heterocycles. The van der Waals surface area contributed by atoms with E-state index in [4.69, 9.17) is 84.7 Å². The lowest BCUT2D eigenvalue weighted by Gasteiger charge is -2.42. The van der Waals surface area contributed by atoms with E-state index in [1.807, 2.05) is 0 Å². The number of nitrogens with one attached hydrogen (secondary N) is 6. The van der Waals surface area contributed by atoms with Gasteiger partial charge in [-0.1, -0.05) is 20.8 Å². The van der Waals surface area contributed by atoms with Crippen LogP contribution in [0.2, 0.25) is 0 Å². The zero-order valence-corrected chi connectivity index (χ0v) is 74.8. The van der Waals surface area contributed by atoms with Crippen molar-refractivity contribution in [1.29, 1.82) is 0 Å². The lowest BCUT2D eigenvalue weighted by Crippen LogP contribution is -2.65. The molecule has 136 heavy (non-hydrogen) atoms. The first-order chi connectivity index (χ1) is 64.9. The predicted molar refractivity (Wildman–Crippen MR) is 452 cm³/mol. The summed E-state index contributed by atoms with van der Waals surface area (Å²) in [5, 5.41) is 108. The SMILES string of the molecule is CC(=O)N[C@H]1[C@H](Oc2ccc(NC(=O)COCCOCCn3cc(COc4cc(CN=[N+]=[N-])cc(OCc5cn(CCOCCOCC(=O)Nc6ccc(O[C@@H]7O[C@H](COS(=O)(=O)O)[C@@H](O)[C@H](O)[C@H]7NC(C)=O)cc6)nn5)c4OCc4cn(CCOCCOCC(=O)Nc5ccc(O[C@@H]6O[C@H](COS(=O)(=O)O)[C@@H](O)[C@H](O)[C@H]6NC(C)=O)cc5)nn4)nn3)cc2)O[C@H](COS(=O)(=O)O)[C@@H](O)[C@@H]1O. The fourth-order valence-corrected chi connectivity index (χ4v) is 13.7. The van der Waals surface area contributed by atoms with Gasteiger partial charge in [0.1, 0.15) is 147 Å². The van der Waals surface area contributed by atoms with Crippen molar-refractivity contribution in [2.45, 2.75) is 159 Å². The minimum Gasteiger partial charge on any atom is -0.483 e. The summed E-state index contributed by atoms with van der Waals surface area (Å²) >= 11 is 0. The van der Waals surface area contributed by atoms with Crippen LogP contribution in [-0.2, 0) is 161 Å². The number of aliphatic hydroxyl groups is 6. The topological polar surface area (TPSA) is 766 Å². The maximum absolute atomic E-state index is 12.8. The van der Waals surface area contributed by atoms with Crippen molar-refractivity contribution in [3.05, 3.63) is 137 Å². The molecule has 6 heterocycles. The summed E-state index contributed by atoms with van der Waals surface area (Å²) in [6.07, 6.45) is -14.7. The maximum Gasteiger partial charge on any atom is 0.397 e. The van der Waals surface area contributed by atoms with Crippen molar-refractivity contribution in [2.24, 2.45) is 5.11 Å². The summed E-state index contributed by atoms with van der Waals surface area (Å²) < 4.78 is 199. The first kappa shape index (κ1) is 106. The van der Waals surface area contributed by atoms with E-state index in [1.165, 1.54) is 86.8 Å². The number of anilines is 3. The standard InChI is InChI=1S/C76H100N18O39S3/c1-43(95)79-64-70(104)67(101)58(37-125-134(107,108)109)131-74(64)128-53-10-4-47(5-11-53)82-61(98)40-119-25-22-116-19-16-92-31-50(85-89-92)34-122-56-28-46(30-78-88-77)29-57(123-35-51-32-93(90-86-51)17-20-117-23-26-120-41-62(99)83-48-6-12-54(13-7-48)129-75-65(80-44(2)96)71(105)68(102)59(132-75)38-126-135(110,111)112)73(56)124-36-52-33-94(91-87-52)18-21-118-24-27-121-42-63(100)84-49-8-14-55(15-9-49)130-76-66(81-45(3)97)72(106)69(103)60(133-76)39-127-136(113,114)115/h4-15,28-29,31-33,58-60,64-72,74-76,101-106H,16-27,30,34-42H2,1-3H3,(H,79,95)(H,80,96)(H,81,97)(H,82,98)(H,83,99)(H,84,100)(H,107,108,109)(H,110,111,112)(H,113,114,115)/t58-,59-,60-,64-,65-,66-,67-,68-,69-,70-,71-,72-,74-,75-,76-/m1/s1. The van der Waals surface area contributed by atoms with Gasteiger partial charge in [-0.15, -0.1) is 15.3 Å². The molecule has 0 spiro atoms. The van der Waals surface area contributed by atoms with Crippen LogP contribution in [0.5, 0.6) is 34.5 Å². The van der Waals surface area contributed by atoms with Gasteiger partial charge in [0, 0.05) is 42.7 Å². The number of hydrogen-bond acceptors (Lipinski definition) is 43. The Morgan fingerprint density at radius 1 is 0.419 bits per heavy atom. The van der Waals surface area contributed by atoms with Gasteiger partial charge in [0.05, 0.1) is 124 Å². The molecule has 15 atom stereocenters. The number of benzene rings is 4. The highest BCUT2D eigenvalue weighted by Gasteiger charge is 2.50. The van der Waals surface area contributed by atoms with Crippen LogP contribution in [0.15, 0.2) is 109 Å². The van der Waals surface area contributed by atoms with Crippen molar-refractivity contribution < 1.29 is 182 Å². The lowest BCUT2D eigenvalue weighted by atomic mass is 9.97. The summed E-state index contributed by atoms with van der Waals surface area (Å²) in [5.41, 5.74) is 11.8. The van der Waals surface area contributed by atoms with Crippen LogP contribution in [0, 0.1) is 0 Å². The van der Waals surface area contributed by atoms with Gasteiger partial charge >= 0.3 is 31.2 Å². The third-order valence-electron chi connectivity index (χ3n) is 19.0. The van der Waals surface area contributed by atoms with Gasteiger partial charge in [-0.25, -0.2) is 26.6 Å². The van der Waals surface area contributed by atoms with Crippen molar-refractivity contribution >= 4 is 83.7 Å². The third-order valence-corrected chi connectivity index (χ3v) is 20.3. The highest BCUT2D eigenvalue weighted by Crippen LogP contribution is 2.41. The molecule has 7 aromatic rings. The largest absolute Gasteiger partial charge is 0.483 e. The molecule has 3 aliphatic rings. The molecule has 0 unspecified atom stereocenters. The van der Waals surface area contributed by atoms with Crippen LogP contribution in [0.3, 0.4) is 0 Å². The van der Waals surface area contributed by atoms with Crippen LogP contribution in [0.25, 0.3) is 10.4 Å². The molecule has 0 bridgehead atoms. The molecule has 0 aliphatic carbocycles. The van der Waals surface area contributed by atoms with Crippen molar-refractivity contribution in [3.63, 3.8) is 0 Å². The minimum absolute atomic E-state index is 0.0100. The monoisotopic (exact) mass is 1980 g/mol. The second-order valence-corrected chi connectivity index (χ2v) is 32.8. The molecular formula is C76H100N18O39S3. The van der Waals surface area contributed by atoms with Gasteiger partial charge in [-0.3, -0.25) is 42.4 Å². The smallest absolute Gasteiger partial charge is 0.397 e. The first-order valence-electron chi connectivity index (χ1n) is 41.0. The zero-order valence-electron chi connectivity index (χ0n) is 72.4. The quantitative estimate of drug-likeness (QED) is 0.00578. The number of aliphatic hydroxyl groups excluding tert-OH is 6. The highest BCUT2D eigenvalue weighted by molar-refractivity contribution is 7.81. The highest BCUT2D eigenvalue weighted by atomic mass is 32.3. The Kier molecular flexibility index (Phi) is 40.6. The Labute approximate surface area is 773 Å². The normalized spacial score (nSPS) is 21.8. The molecule has 746 valence electrons.